The molecule has 0 atom stereocenters. The number of aliphatic hydroxyl groups is 1. The average Bonchev–Trinajstić information content (AvgIpc) is 2.92. The van der Waals surface area contributed by atoms with Crippen LogP contribution in [-0.4, -0.2) is 27.2 Å². The van der Waals surface area contributed by atoms with E-state index in [0.29, 0.717) is 22.5 Å². The first kappa shape index (κ1) is 13.2. The second-order valence-electron chi connectivity index (χ2n) is 3.56. The molecular weight excluding hydrogens is 262 g/mol. The average molecular weight is 273 g/mol. The van der Waals surface area contributed by atoms with E-state index < -0.39 is 0 Å². The number of benzene rings is 1. The van der Waals surface area contributed by atoms with Crippen LogP contribution >= 0.6 is 11.5 Å². The van der Waals surface area contributed by atoms with Crippen LogP contribution in [0.3, 0.4) is 0 Å². The number of carbonyl (C=O) groups is 1. The van der Waals surface area contributed by atoms with Crippen molar-refractivity contribution in [2.24, 2.45) is 0 Å². The predicted octanol–water partition coefficient (Wildman–Crippen LogP) is 1.52. The molecule has 0 saturated heterocycles. The van der Waals surface area contributed by atoms with E-state index in [0.717, 1.165) is 11.5 Å². The van der Waals surface area contributed by atoms with Crippen LogP contribution in [0.25, 0.3) is 0 Å². The summed E-state index contributed by atoms with van der Waals surface area (Å²) in [6.45, 7) is 0.00783. The third kappa shape index (κ3) is 3.61. The zero-order chi connectivity index (χ0) is 13.5. The maximum absolute atomic E-state index is 12.1. The van der Waals surface area contributed by atoms with Crippen LogP contribution in [0.1, 0.15) is 22.3 Å². The number of nitrogens with one attached hydrogen (secondary N) is 1. The Kier molecular flexibility index (Phi) is 4.61. The minimum atomic E-state index is -0.250. The van der Waals surface area contributed by atoms with Crippen molar-refractivity contribution in [3.8, 4) is 11.8 Å². The number of nitrogens with zero attached hydrogens (tertiary/aromatic N) is 2. The first-order valence-electron chi connectivity index (χ1n) is 5.58. The van der Waals surface area contributed by atoms with Gasteiger partial charge in [0, 0.05) is 23.5 Å². The second kappa shape index (κ2) is 6.64. The zero-order valence-electron chi connectivity index (χ0n) is 9.96. The molecule has 2 N–H and O–H groups in total. The first-order valence-corrected chi connectivity index (χ1v) is 6.36. The van der Waals surface area contributed by atoms with Gasteiger partial charge in [-0.15, -0.1) is 5.10 Å². The number of rotatable bonds is 3. The van der Waals surface area contributed by atoms with Crippen molar-refractivity contribution in [2.75, 3.05) is 11.9 Å². The number of hydrogen-bond acceptors (Lipinski definition) is 5. The van der Waals surface area contributed by atoms with Crippen molar-refractivity contribution in [2.45, 2.75) is 6.42 Å². The Labute approximate surface area is 114 Å². The SMILES string of the molecule is O=C(Nc1cnns1)c1ccccc1C#CCCO. The number of aromatic nitrogens is 2. The Morgan fingerprint density at radius 3 is 3.00 bits per heavy atom. The van der Waals surface area contributed by atoms with Crippen molar-refractivity contribution in [3.63, 3.8) is 0 Å². The molecule has 5 nitrogen and oxygen atoms in total. The molecule has 0 unspecified atom stereocenters. The minimum absolute atomic E-state index is 0.00783. The molecule has 1 heterocycles. The fourth-order valence-electron chi connectivity index (χ4n) is 1.41. The molecule has 1 aromatic carbocycles. The van der Waals surface area contributed by atoms with Crippen molar-refractivity contribution in [3.05, 3.63) is 41.6 Å². The van der Waals surface area contributed by atoms with Crippen LogP contribution in [-0.2, 0) is 0 Å². The highest BCUT2D eigenvalue weighted by Gasteiger charge is 2.10. The molecule has 1 aromatic heterocycles. The van der Waals surface area contributed by atoms with Crippen LogP contribution in [0, 0.1) is 11.8 Å². The third-order valence-corrected chi connectivity index (χ3v) is 2.81. The lowest BCUT2D eigenvalue weighted by molar-refractivity contribution is 0.102. The number of hydrogen-bond donors (Lipinski definition) is 2. The highest BCUT2D eigenvalue weighted by molar-refractivity contribution is 7.10. The van der Waals surface area contributed by atoms with E-state index in [2.05, 4.69) is 26.7 Å². The molecule has 2 rings (SSSR count). The monoisotopic (exact) mass is 273 g/mol. The van der Waals surface area contributed by atoms with Gasteiger partial charge in [-0.3, -0.25) is 4.79 Å². The van der Waals surface area contributed by atoms with Crippen molar-refractivity contribution < 1.29 is 9.90 Å². The summed E-state index contributed by atoms with van der Waals surface area (Å²) in [5.41, 5.74) is 1.12. The van der Waals surface area contributed by atoms with Gasteiger partial charge in [0.1, 0.15) is 5.00 Å². The van der Waals surface area contributed by atoms with Gasteiger partial charge in [0.15, 0.2) is 0 Å². The molecule has 0 aliphatic carbocycles. The summed E-state index contributed by atoms with van der Waals surface area (Å²) in [6.07, 6.45) is 1.87. The Morgan fingerprint density at radius 1 is 1.42 bits per heavy atom. The van der Waals surface area contributed by atoms with Crippen molar-refractivity contribution >= 4 is 22.4 Å². The Hall–Kier alpha value is -2.23. The van der Waals surface area contributed by atoms with Gasteiger partial charge in [-0.2, -0.15) is 0 Å². The summed E-state index contributed by atoms with van der Waals surface area (Å²) in [6, 6.07) is 7.06. The standard InChI is InChI=1S/C13H11N3O2S/c17-8-4-3-6-10-5-1-2-7-11(10)13(18)15-12-9-14-16-19-12/h1-2,5,7,9,17H,4,8H2,(H,15,18). The molecule has 0 aliphatic heterocycles. The maximum atomic E-state index is 12.1. The fraction of sp³-hybridized carbons (Fsp3) is 0.154. The van der Waals surface area contributed by atoms with Gasteiger partial charge in [-0.1, -0.05) is 28.5 Å². The lowest BCUT2D eigenvalue weighted by Gasteiger charge is -2.03. The topological polar surface area (TPSA) is 75.1 Å². The maximum Gasteiger partial charge on any atom is 0.257 e. The molecule has 0 aliphatic rings. The summed E-state index contributed by atoms with van der Waals surface area (Å²) >= 11 is 1.11. The molecule has 1 amide bonds. The smallest absolute Gasteiger partial charge is 0.257 e. The number of amides is 1. The van der Waals surface area contributed by atoms with Crippen LogP contribution in [0.2, 0.25) is 0 Å². The summed E-state index contributed by atoms with van der Waals surface area (Å²) in [5, 5.41) is 15.6. The fourth-order valence-corrected chi connectivity index (χ4v) is 1.82. The molecule has 2 aromatic rings. The zero-order valence-corrected chi connectivity index (χ0v) is 10.8. The van der Waals surface area contributed by atoms with Crippen molar-refractivity contribution in [1.29, 1.82) is 0 Å². The van der Waals surface area contributed by atoms with Gasteiger partial charge in [-0.25, -0.2) is 0 Å². The molecule has 0 radical (unpaired) electrons. The Morgan fingerprint density at radius 2 is 2.26 bits per heavy atom. The van der Waals surface area contributed by atoms with Gasteiger partial charge < -0.3 is 10.4 Å². The summed E-state index contributed by atoms with van der Waals surface area (Å²) in [7, 11) is 0. The number of aliphatic hydroxyl groups excluding tert-OH is 1. The highest BCUT2D eigenvalue weighted by Crippen LogP contribution is 2.14. The molecule has 0 spiro atoms. The quantitative estimate of drug-likeness (QED) is 0.831. The largest absolute Gasteiger partial charge is 0.395 e. The van der Waals surface area contributed by atoms with E-state index in [1.165, 1.54) is 6.20 Å². The van der Waals surface area contributed by atoms with Gasteiger partial charge in [0.25, 0.3) is 5.91 Å². The molecule has 96 valence electrons. The summed E-state index contributed by atoms with van der Waals surface area (Å²) < 4.78 is 3.67. The summed E-state index contributed by atoms with van der Waals surface area (Å²) in [5.74, 6) is 5.43. The van der Waals surface area contributed by atoms with E-state index >= 15 is 0 Å². The summed E-state index contributed by atoms with van der Waals surface area (Å²) in [4.78, 5) is 12.1. The third-order valence-electron chi connectivity index (χ3n) is 2.23. The van der Waals surface area contributed by atoms with Crippen molar-refractivity contribution in [1.82, 2.24) is 9.59 Å². The van der Waals surface area contributed by atoms with E-state index in [9.17, 15) is 4.79 Å². The minimum Gasteiger partial charge on any atom is -0.395 e. The van der Waals surface area contributed by atoms with Crippen LogP contribution in [0.4, 0.5) is 5.00 Å². The van der Waals surface area contributed by atoms with Gasteiger partial charge in [-0.05, 0) is 12.1 Å². The molecule has 0 fully saturated rings. The lowest BCUT2D eigenvalue weighted by Crippen LogP contribution is -2.12. The molecule has 6 heteroatoms. The molecule has 0 bridgehead atoms. The number of anilines is 1. The van der Waals surface area contributed by atoms with Crippen LogP contribution < -0.4 is 5.32 Å². The lowest BCUT2D eigenvalue weighted by atomic mass is 10.1. The van der Waals surface area contributed by atoms with E-state index in [1.807, 2.05) is 6.07 Å². The Bertz CT molecular complexity index is 614. The van der Waals surface area contributed by atoms with Crippen LogP contribution in [0.5, 0.6) is 0 Å². The molecule has 0 saturated carbocycles. The second-order valence-corrected chi connectivity index (χ2v) is 4.34. The normalized spacial score (nSPS) is 9.53. The first-order chi connectivity index (χ1) is 9.31. The molecular formula is C13H11N3O2S. The number of carbonyl (C=O) groups excluding carboxylic acids is 1. The van der Waals surface area contributed by atoms with Crippen LogP contribution in [0.15, 0.2) is 30.5 Å². The van der Waals surface area contributed by atoms with E-state index in [1.54, 1.807) is 18.2 Å². The Balaban J connectivity index is 2.20. The van der Waals surface area contributed by atoms with Gasteiger partial charge in [0.05, 0.1) is 18.4 Å². The van der Waals surface area contributed by atoms with E-state index in [-0.39, 0.29) is 12.5 Å². The van der Waals surface area contributed by atoms with Gasteiger partial charge in [0.2, 0.25) is 0 Å². The predicted molar refractivity (Wildman–Crippen MR) is 72.9 cm³/mol. The van der Waals surface area contributed by atoms with E-state index in [4.69, 9.17) is 5.11 Å². The molecule has 19 heavy (non-hydrogen) atoms. The van der Waals surface area contributed by atoms with Gasteiger partial charge >= 0.3 is 0 Å². The highest BCUT2D eigenvalue weighted by atomic mass is 32.1.